The number of rotatable bonds is 41. The fraction of sp³-hybridized carbons (Fsp3) is 0.686. The number of carbonyl (C=O) groups excluding carboxylic acids is 2. The maximum Gasteiger partial charge on any atom is 0.306 e. The predicted octanol–water partition coefficient (Wildman–Crippen LogP) is 15.3. The first-order chi connectivity index (χ1) is 27.6. The lowest BCUT2D eigenvalue weighted by Crippen LogP contribution is -2.30. The van der Waals surface area contributed by atoms with Gasteiger partial charge in [0.25, 0.3) is 0 Å². The van der Waals surface area contributed by atoms with Crippen molar-refractivity contribution in [2.24, 2.45) is 0 Å². The van der Waals surface area contributed by atoms with Gasteiger partial charge in [-0.15, -0.1) is 0 Å². The number of carbonyl (C=O) groups is 2. The summed E-state index contributed by atoms with van der Waals surface area (Å²) >= 11 is 0. The number of hydrogen-bond donors (Lipinski definition) is 0. The highest BCUT2D eigenvalue weighted by Crippen LogP contribution is 2.12. The Balaban J connectivity index is 4.35. The number of hydrogen-bond acceptors (Lipinski definition) is 5. The van der Waals surface area contributed by atoms with Crippen molar-refractivity contribution in [3.63, 3.8) is 0 Å². The van der Waals surface area contributed by atoms with Crippen LogP contribution < -0.4 is 0 Å². The van der Waals surface area contributed by atoms with Gasteiger partial charge in [-0.3, -0.25) is 9.59 Å². The van der Waals surface area contributed by atoms with E-state index in [4.69, 9.17) is 14.2 Å². The van der Waals surface area contributed by atoms with E-state index in [1.165, 1.54) is 64.2 Å². The molecule has 0 bridgehead atoms. The Morgan fingerprint density at radius 1 is 0.411 bits per heavy atom. The van der Waals surface area contributed by atoms with Gasteiger partial charge in [-0.05, 0) is 89.9 Å². The Kier molecular flexibility index (Phi) is 44.0. The van der Waals surface area contributed by atoms with Crippen molar-refractivity contribution in [2.75, 3.05) is 19.8 Å². The van der Waals surface area contributed by atoms with E-state index in [0.717, 1.165) is 103 Å². The minimum atomic E-state index is -0.562. The van der Waals surface area contributed by atoms with Gasteiger partial charge in [-0.25, -0.2) is 0 Å². The van der Waals surface area contributed by atoms with Crippen LogP contribution in [0, 0.1) is 0 Å². The number of ether oxygens (including phenoxy) is 3. The largest absolute Gasteiger partial charge is 0.462 e. The molecule has 0 amide bonds. The predicted molar refractivity (Wildman–Crippen MR) is 242 cm³/mol. The van der Waals surface area contributed by atoms with E-state index >= 15 is 0 Å². The van der Waals surface area contributed by atoms with Crippen LogP contribution in [0.5, 0.6) is 0 Å². The van der Waals surface area contributed by atoms with Gasteiger partial charge < -0.3 is 14.2 Å². The molecule has 0 saturated carbocycles. The van der Waals surface area contributed by atoms with E-state index in [-0.39, 0.29) is 25.2 Å². The zero-order chi connectivity index (χ0) is 40.7. The lowest BCUT2D eigenvalue weighted by atomic mass is 10.1. The Morgan fingerprint density at radius 3 is 1.32 bits per heavy atom. The summed E-state index contributed by atoms with van der Waals surface area (Å²) in [5.41, 5.74) is 0. The van der Waals surface area contributed by atoms with Gasteiger partial charge >= 0.3 is 11.9 Å². The molecule has 0 spiro atoms. The molecule has 0 aromatic heterocycles. The molecule has 1 unspecified atom stereocenters. The molecule has 0 heterocycles. The summed E-state index contributed by atoms with van der Waals surface area (Å²) in [6.45, 7) is 7.52. The smallest absolute Gasteiger partial charge is 0.306 e. The van der Waals surface area contributed by atoms with Gasteiger partial charge in [0.1, 0.15) is 6.61 Å². The molecule has 0 aliphatic carbocycles. The monoisotopic (exact) mass is 779 g/mol. The minimum absolute atomic E-state index is 0.0543. The molecule has 5 nitrogen and oxygen atoms in total. The molecular weight excluding hydrogens is 693 g/mol. The second kappa shape index (κ2) is 46.5. The fourth-order valence-electron chi connectivity index (χ4n) is 6.04. The summed E-state index contributed by atoms with van der Waals surface area (Å²) in [6.07, 6.45) is 60.1. The van der Waals surface area contributed by atoms with E-state index in [1.807, 2.05) is 0 Å². The van der Waals surface area contributed by atoms with Crippen molar-refractivity contribution in [3.05, 3.63) is 85.1 Å². The molecule has 56 heavy (non-hydrogen) atoms. The molecule has 0 radical (unpaired) electrons. The second-order valence-corrected chi connectivity index (χ2v) is 14.9. The Bertz CT molecular complexity index is 1060. The van der Waals surface area contributed by atoms with Crippen LogP contribution in [-0.4, -0.2) is 37.9 Å². The van der Waals surface area contributed by atoms with Crippen molar-refractivity contribution in [1.82, 2.24) is 0 Å². The lowest BCUT2D eigenvalue weighted by Gasteiger charge is -2.18. The summed E-state index contributed by atoms with van der Waals surface area (Å²) in [6, 6.07) is 0. The highest BCUT2D eigenvalue weighted by Gasteiger charge is 2.17. The van der Waals surface area contributed by atoms with Crippen LogP contribution in [0.3, 0.4) is 0 Å². The molecular formula is C51H86O5. The Labute approximate surface area is 346 Å². The normalized spacial score (nSPS) is 13.0. The van der Waals surface area contributed by atoms with Crippen LogP contribution in [-0.2, 0) is 23.8 Å². The van der Waals surface area contributed by atoms with E-state index in [0.29, 0.717) is 19.4 Å². The van der Waals surface area contributed by atoms with Crippen molar-refractivity contribution in [1.29, 1.82) is 0 Å². The Morgan fingerprint density at radius 2 is 0.804 bits per heavy atom. The van der Waals surface area contributed by atoms with Gasteiger partial charge in [-0.1, -0.05) is 183 Å². The van der Waals surface area contributed by atoms with Crippen molar-refractivity contribution < 1.29 is 23.8 Å². The molecule has 320 valence electrons. The topological polar surface area (TPSA) is 61.8 Å². The van der Waals surface area contributed by atoms with Crippen LogP contribution in [0.25, 0.3) is 0 Å². The number of esters is 2. The summed E-state index contributed by atoms with van der Waals surface area (Å²) in [5, 5.41) is 0. The highest BCUT2D eigenvalue weighted by molar-refractivity contribution is 5.70. The van der Waals surface area contributed by atoms with Crippen molar-refractivity contribution in [2.45, 2.75) is 207 Å². The van der Waals surface area contributed by atoms with Crippen LogP contribution in [0.1, 0.15) is 201 Å². The van der Waals surface area contributed by atoms with E-state index in [1.54, 1.807) is 0 Å². The molecule has 0 rings (SSSR count). The Hall–Kier alpha value is -2.92. The van der Waals surface area contributed by atoms with Crippen molar-refractivity contribution >= 4 is 11.9 Å². The number of allylic oxidation sites excluding steroid dienone is 14. The molecule has 0 aliphatic heterocycles. The van der Waals surface area contributed by atoms with Gasteiger partial charge in [0.2, 0.25) is 0 Å². The molecule has 0 fully saturated rings. The summed E-state index contributed by atoms with van der Waals surface area (Å²) in [5.74, 6) is -0.468. The first-order valence-corrected chi connectivity index (χ1v) is 23.1. The molecule has 0 aromatic carbocycles. The second-order valence-electron chi connectivity index (χ2n) is 14.9. The molecule has 0 aromatic rings. The third-order valence-corrected chi connectivity index (χ3v) is 9.43. The zero-order valence-corrected chi connectivity index (χ0v) is 36.6. The van der Waals surface area contributed by atoms with Crippen LogP contribution >= 0.6 is 0 Å². The van der Waals surface area contributed by atoms with Crippen LogP contribution in [0.4, 0.5) is 0 Å². The number of unbranched alkanes of at least 4 members (excludes halogenated alkanes) is 16. The maximum absolute atomic E-state index is 12.7. The van der Waals surface area contributed by atoms with Gasteiger partial charge in [0.05, 0.1) is 6.61 Å². The average Bonchev–Trinajstić information content (AvgIpc) is 3.20. The molecule has 1 atom stereocenters. The molecule has 5 heteroatoms. The molecule has 0 saturated heterocycles. The summed E-state index contributed by atoms with van der Waals surface area (Å²) in [7, 11) is 0. The maximum atomic E-state index is 12.7. The molecule has 0 N–H and O–H groups in total. The van der Waals surface area contributed by atoms with Gasteiger partial charge in [0.15, 0.2) is 6.10 Å². The fourth-order valence-corrected chi connectivity index (χ4v) is 6.04. The minimum Gasteiger partial charge on any atom is -0.462 e. The van der Waals surface area contributed by atoms with Gasteiger partial charge in [-0.2, -0.15) is 0 Å². The zero-order valence-electron chi connectivity index (χ0n) is 36.6. The van der Waals surface area contributed by atoms with Crippen LogP contribution in [0.2, 0.25) is 0 Å². The van der Waals surface area contributed by atoms with E-state index in [2.05, 4.69) is 106 Å². The molecule has 0 aliphatic rings. The third-order valence-electron chi connectivity index (χ3n) is 9.43. The quantitative estimate of drug-likeness (QED) is 0.0351. The van der Waals surface area contributed by atoms with Crippen LogP contribution in [0.15, 0.2) is 85.1 Å². The van der Waals surface area contributed by atoms with Gasteiger partial charge in [0, 0.05) is 19.4 Å². The highest BCUT2D eigenvalue weighted by atomic mass is 16.6. The summed E-state index contributed by atoms with van der Waals surface area (Å²) in [4.78, 5) is 25.2. The lowest BCUT2D eigenvalue weighted by molar-refractivity contribution is -0.163. The van der Waals surface area contributed by atoms with Crippen molar-refractivity contribution in [3.8, 4) is 0 Å². The first kappa shape index (κ1) is 53.1. The average molecular weight is 779 g/mol. The van der Waals surface area contributed by atoms with E-state index in [9.17, 15) is 9.59 Å². The van der Waals surface area contributed by atoms with E-state index < -0.39 is 6.10 Å². The SMILES string of the molecule is CC/C=C\C/C=C\C/C=C\C/C=C\CCCCC(=O)OCC(COCCCCCCCCCCCC)OC(=O)CCCCCCC/C=C\C/C=C\C/C=C\CC. The third kappa shape index (κ3) is 43.8. The standard InChI is InChI=1S/C51H86O5/c1-4-7-10-13-16-19-22-24-26-28-30-32-35-38-41-44-50(52)55-48-49(47-54-46-43-40-37-34-21-18-15-12-9-6-3)56-51(53)45-42-39-36-33-31-29-27-25-23-20-17-14-11-8-5-2/h7-8,10-11,16-17,19-20,24-27,30,32,49H,4-6,9,12-15,18,21-23,28-29,31,33-48H2,1-3H3/b10-7-,11-8-,19-16-,20-17-,26-24-,27-25-,32-30-. The first-order valence-electron chi connectivity index (χ1n) is 23.1. The summed E-state index contributed by atoms with van der Waals surface area (Å²) < 4.78 is 17.3.